The van der Waals surface area contributed by atoms with Crippen LogP contribution in [0.25, 0.3) is 0 Å². The maximum Gasteiger partial charge on any atom is 0.314 e. The van der Waals surface area contributed by atoms with Crippen molar-refractivity contribution in [3.63, 3.8) is 0 Å². The number of esters is 1. The molecule has 2 aliphatic carbocycles. The summed E-state index contributed by atoms with van der Waals surface area (Å²) in [6.07, 6.45) is 20.4. The monoisotopic (exact) mass is 456 g/mol. The van der Waals surface area contributed by atoms with E-state index in [1.54, 1.807) is 0 Å². The molecule has 0 spiro atoms. The number of ether oxygens (including phenoxy) is 2. The van der Waals surface area contributed by atoms with Gasteiger partial charge in [0.15, 0.2) is 0 Å². The number of rotatable bonds is 13. The van der Waals surface area contributed by atoms with Gasteiger partial charge in [-0.3, -0.25) is 4.79 Å². The van der Waals surface area contributed by atoms with Crippen molar-refractivity contribution in [3.8, 4) is 11.5 Å². The quantitative estimate of drug-likeness (QED) is 0.169. The Morgan fingerprint density at radius 1 is 0.697 bits per heavy atom. The van der Waals surface area contributed by atoms with Crippen molar-refractivity contribution in [1.29, 1.82) is 0 Å². The molecule has 2 fully saturated rings. The van der Waals surface area contributed by atoms with Crippen molar-refractivity contribution in [2.75, 3.05) is 6.61 Å². The van der Waals surface area contributed by atoms with E-state index in [4.69, 9.17) is 9.47 Å². The van der Waals surface area contributed by atoms with Crippen LogP contribution in [0.1, 0.15) is 117 Å². The van der Waals surface area contributed by atoms with Gasteiger partial charge in [-0.15, -0.1) is 0 Å². The number of carbonyl (C=O) groups excluding carboxylic acids is 1. The molecule has 0 unspecified atom stereocenters. The van der Waals surface area contributed by atoms with Crippen LogP contribution in [0.5, 0.6) is 11.5 Å². The van der Waals surface area contributed by atoms with Gasteiger partial charge in [0.2, 0.25) is 0 Å². The second-order valence-electron chi connectivity index (χ2n) is 10.8. The normalized spacial score (nSPS) is 25.5. The molecule has 0 aromatic heterocycles. The summed E-state index contributed by atoms with van der Waals surface area (Å²) < 4.78 is 11.6. The second-order valence-corrected chi connectivity index (χ2v) is 10.8. The van der Waals surface area contributed by atoms with E-state index in [1.165, 1.54) is 83.5 Å². The Morgan fingerprint density at radius 3 is 1.85 bits per heavy atom. The largest absolute Gasteiger partial charge is 0.494 e. The first-order valence-corrected chi connectivity index (χ1v) is 14.1. The maximum atomic E-state index is 12.6. The molecular formula is C30H48O3. The average molecular weight is 457 g/mol. The predicted molar refractivity (Wildman–Crippen MR) is 137 cm³/mol. The number of hydrogen-bond donors (Lipinski definition) is 0. The zero-order valence-corrected chi connectivity index (χ0v) is 21.4. The van der Waals surface area contributed by atoms with Crippen LogP contribution >= 0.6 is 0 Å². The number of hydrogen-bond acceptors (Lipinski definition) is 3. The van der Waals surface area contributed by atoms with Crippen molar-refractivity contribution in [3.05, 3.63) is 24.3 Å². The molecule has 0 N–H and O–H groups in total. The Bertz CT molecular complexity index is 652. The van der Waals surface area contributed by atoms with E-state index in [2.05, 4.69) is 13.8 Å². The van der Waals surface area contributed by atoms with Gasteiger partial charge in [0, 0.05) is 0 Å². The molecule has 0 atom stereocenters. The summed E-state index contributed by atoms with van der Waals surface area (Å²) in [5.74, 6) is 4.23. The van der Waals surface area contributed by atoms with Crippen LogP contribution in [0.4, 0.5) is 0 Å². The molecule has 0 aliphatic heterocycles. The molecule has 0 amide bonds. The minimum Gasteiger partial charge on any atom is -0.494 e. The van der Waals surface area contributed by atoms with Crippen LogP contribution in [0.3, 0.4) is 0 Å². The van der Waals surface area contributed by atoms with Crippen molar-refractivity contribution in [1.82, 2.24) is 0 Å². The fourth-order valence-electron chi connectivity index (χ4n) is 5.95. The number of unbranched alkanes of at least 4 members (excludes halogenated alkanes) is 2. The molecule has 0 radical (unpaired) electrons. The van der Waals surface area contributed by atoms with Crippen molar-refractivity contribution in [2.45, 2.75) is 117 Å². The lowest BCUT2D eigenvalue weighted by atomic mass is 9.78. The van der Waals surface area contributed by atoms with Crippen LogP contribution in [0.15, 0.2) is 24.3 Å². The number of carbonyl (C=O) groups is 1. The van der Waals surface area contributed by atoms with E-state index in [9.17, 15) is 4.79 Å². The maximum absolute atomic E-state index is 12.6. The van der Waals surface area contributed by atoms with E-state index < -0.39 is 0 Å². The van der Waals surface area contributed by atoms with Crippen LogP contribution in [-0.2, 0) is 4.79 Å². The summed E-state index contributed by atoms with van der Waals surface area (Å²) >= 11 is 0. The summed E-state index contributed by atoms with van der Waals surface area (Å²) in [7, 11) is 0. The van der Waals surface area contributed by atoms with E-state index in [1.807, 2.05) is 24.3 Å². The van der Waals surface area contributed by atoms with Crippen LogP contribution in [-0.4, -0.2) is 12.6 Å². The highest BCUT2D eigenvalue weighted by molar-refractivity contribution is 5.75. The first-order valence-electron chi connectivity index (χ1n) is 14.1. The summed E-state index contributed by atoms with van der Waals surface area (Å²) in [5, 5.41) is 0. The second kappa shape index (κ2) is 14.7. The first-order chi connectivity index (χ1) is 16.2. The third-order valence-electron chi connectivity index (χ3n) is 8.13. The molecular weight excluding hydrogens is 408 g/mol. The molecule has 0 saturated heterocycles. The summed E-state index contributed by atoms with van der Waals surface area (Å²) in [6, 6.07) is 7.61. The highest BCUT2D eigenvalue weighted by atomic mass is 16.5. The summed E-state index contributed by atoms with van der Waals surface area (Å²) in [6.45, 7) is 5.34. The van der Waals surface area contributed by atoms with Gasteiger partial charge in [0.1, 0.15) is 11.5 Å². The van der Waals surface area contributed by atoms with Gasteiger partial charge in [0.25, 0.3) is 0 Å². The van der Waals surface area contributed by atoms with Gasteiger partial charge in [-0.25, -0.2) is 0 Å². The Balaban J connectivity index is 1.28. The molecule has 2 aliphatic rings. The summed E-state index contributed by atoms with van der Waals surface area (Å²) in [4.78, 5) is 12.6. The van der Waals surface area contributed by atoms with Gasteiger partial charge in [-0.1, -0.05) is 78.1 Å². The summed E-state index contributed by atoms with van der Waals surface area (Å²) in [5.41, 5.74) is 0. The average Bonchev–Trinajstić information content (AvgIpc) is 2.84. The molecule has 3 rings (SSSR count). The standard InChI is InChI=1S/C30H48O3/c1-3-5-6-9-25-15-17-27(18-16-25)30(31)33-29-21-19-28(20-22-29)32-23-7-10-26-13-11-24(8-4-2)12-14-26/h19-22,24-27H,3-18,23H2,1-2H3/t24-,25-,26-,27-. The third-order valence-corrected chi connectivity index (χ3v) is 8.13. The lowest BCUT2D eigenvalue weighted by molar-refractivity contribution is -0.140. The minimum atomic E-state index is -0.0515. The van der Waals surface area contributed by atoms with Crippen LogP contribution in [0, 0.1) is 23.7 Å². The minimum absolute atomic E-state index is 0.0515. The number of benzene rings is 1. The van der Waals surface area contributed by atoms with Crippen molar-refractivity contribution < 1.29 is 14.3 Å². The Kier molecular flexibility index (Phi) is 11.6. The Morgan fingerprint density at radius 2 is 1.24 bits per heavy atom. The van der Waals surface area contributed by atoms with Crippen LogP contribution in [0.2, 0.25) is 0 Å². The van der Waals surface area contributed by atoms with Gasteiger partial charge in [-0.05, 0) is 80.5 Å². The van der Waals surface area contributed by atoms with Gasteiger partial charge in [-0.2, -0.15) is 0 Å². The molecule has 0 heterocycles. The highest BCUT2D eigenvalue weighted by Crippen LogP contribution is 2.34. The first kappa shape index (κ1) is 26.1. The SMILES string of the molecule is CCCCC[C@H]1CC[C@H](C(=O)Oc2ccc(OCCC[C@H]3CC[C@H](CCC)CC3)cc2)CC1. The molecule has 1 aromatic rings. The van der Waals surface area contributed by atoms with E-state index in [0.29, 0.717) is 5.75 Å². The van der Waals surface area contributed by atoms with Gasteiger partial charge in [0.05, 0.1) is 12.5 Å². The fourth-order valence-corrected chi connectivity index (χ4v) is 5.95. The molecule has 3 nitrogen and oxygen atoms in total. The zero-order valence-electron chi connectivity index (χ0n) is 21.4. The lowest BCUT2D eigenvalue weighted by Gasteiger charge is -2.28. The molecule has 3 heteroatoms. The lowest BCUT2D eigenvalue weighted by Crippen LogP contribution is -2.25. The molecule has 1 aromatic carbocycles. The zero-order chi connectivity index (χ0) is 23.3. The van der Waals surface area contributed by atoms with E-state index in [-0.39, 0.29) is 11.9 Å². The molecule has 0 bridgehead atoms. The molecule has 33 heavy (non-hydrogen) atoms. The van der Waals surface area contributed by atoms with Crippen molar-refractivity contribution in [2.24, 2.45) is 23.7 Å². The third kappa shape index (κ3) is 9.33. The van der Waals surface area contributed by atoms with E-state index >= 15 is 0 Å². The molecule has 186 valence electrons. The highest BCUT2D eigenvalue weighted by Gasteiger charge is 2.27. The Labute approximate surface area is 203 Å². The predicted octanol–water partition coefficient (Wildman–Crippen LogP) is 8.74. The van der Waals surface area contributed by atoms with E-state index in [0.717, 1.165) is 49.4 Å². The van der Waals surface area contributed by atoms with Gasteiger partial charge < -0.3 is 9.47 Å². The Hall–Kier alpha value is -1.51. The van der Waals surface area contributed by atoms with Gasteiger partial charge >= 0.3 is 5.97 Å². The topological polar surface area (TPSA) is 35.5 Å². The van der Waals surface area contributed by atoms with Crippen molar-refractivity contribution >= 4 is 5.97 Å². The molecule has 2 saturated carbocycles. The fraction of sp³-hybridized carbons (Fsp3) is 0.767. The van der Waals surface area contributed by atoms with Crippen LogP contribution < -0.4 is 9.47 Å². The smallest absolute Gasteiger partial charge is 0.314 e.